The molecule has 0 bridgehead atoms. The van der Waals surface area contributed by atoms with E-state index in [1.807, 2.05) is 6.07 Å². The Morgan fingerprint density at radius 1 is 0.846 bits per heavy atom. The van der Waals surface area contributed by atoms with E-state index in [1.165, 1.54) is 6.92 Å². The quantitative estimate of drug-likeness (QED) is 0.0615. The average Bonchev–Trinajstić information content (AvgIpc) is 2.86. The number of carbonyl (C=O) groups is 5. The number of nitrogens with two attached hydrogens (primary N) is 3. The standard InChI is InChI=1S/C25H40N8O6/c1-14(2)20(21(26)36)33-24(39)19(13-34)32-22(37)17(10-7-11-29-25(27)28)31-23(38)18(30-15(3)35)12-16-8-5-4-6-9-16/h4-6,8-9,14,17-20,34H,7,10-13H2,1-3H3,(H2,26,36)(H,30,35)(H,31,38)(H,32,37)(H,33,39)(H4,27,28,29)/t17-,18-,19-,20-/m0/s1. The minimum atomic E-state index is -1.43. The van der Waals surface area contributed by atoms with E-state index in [1.54, 1.807) is 38.1 Å². The van der Waals surface area contributed by atoms with Gasteiger partial charge in [0.15, 0.2) is 5.96 Å². The van der Waals surface area contributed by atoms with Crippen molar-refractivity contribution < 1.29 is 29.1 Å². The fraction of sp³-hybridized carbons (Fsp3) is 0.520. The number of nitrogens with zero attached hydrogens (tertiary/aromatic N) is 1. The number of benzene rings is 1. The largest absolute Gasteiger partial charge is 0.394 e. The molecule has 0 saturated carbocycles. The van der Waals surface area contributed by atoms with Crippen LogP contribution in [0, 0.1) is 5.92 Å². The molecule has 14 nitrogen and oxygen atoms in total. The van der Waals surface area contributed by atoms with Crippen LogP contribution < -0.4 is 38.5 Å². The van der Waals surface area contributed by atoms with Crippen molar-refractivity contribution in [1.82, 2.24) is 21.3 Å². The summed E-state index contributed by atoms with van der Waals surface area (Å²) in [6, 6.07) is 4.38. The molecule has 1 aromatic carbocycles. The molecule has 0 spiro atoms. The van der Waals surface area contributed by atoms with Crippen molar-refractivity contribution in [2.45, 2.75) is 64.2 Å². The van der Waals surface area contributed by atoms with Gasteiger partial charge in [0.25, 0.3) is 0 Å². The van der Waals surface area contributed by atoms with Gasteiger partial charge in [-0.1, -0.05) is 44.2 Å². The Morgan fingerprint density at radius 3 is 1.92 bits per heavy atom. The third-order valence-electron chi connectivity index (χ3n) is 5.64. The molecule has 39 heavy (non-hydrogen) atoms. The van der Waals surface area contributed by atoms with Crippen LogP contribution in [0.2, 0.25) is 0 Å². The van der Waals surface area contributed by atoms with E-state index in [0.29, 0.717) is 0 Å². The lowest BCUT2D eigenvalue weighted by Crippen LogP contribution is -2.59. The van der Waals surface area contributed by atoms with E-state index < -0.39 is 60.3 Å². The smallest absolute Gasteiger partial charge is 0.245 e. The van der Waals surface area contributed by atoms with Crippen molar-refractivity contribution in [2.24, 2.45) is 28.1 Å². The molecule has 11 N–H and O–H groups in total. The second-order valence-electron chi connectivity index (χ2n) is 9.33. The van der Waals surface area contributed by atoms with Crippen LogP contribution >= 0.6 is 0 Å². The molecule has 4 atom stereocenters. The van der Waals surface area contributed by atoms with Crippen molar-refractivity contribution in [1.29, 1.82) is 0 Å². The lowest BCUT2D eigenvalue weighted by Gasteiger charge is -2.26. The van der Waals surface area contributed by atoms with Gasteiger partial charge in [-0.05, 0) is 24.3 Å². The van der Waals surface area contributed by atoms with Gasteiger partial charge in [-0.3, -0.25) is 29.0 Å². The van der Waals surface area contributed by atoms with Gasteiger partial charge in [-0.15, -0.1) is 0 Å². The maximum absolute atomic E-state index is 13.2. The summed E-state index contributed by atoms with van der Waals surface area (Å²) in [6.45, 7) is 4.00. The van der Waals surface area contributed by atoms with E-state index in [4.69, 9.17) is 17.2 Å². The van der Waals surface area contributed by atoms with Gasteiger partial charge in [-0.2, -0.15) is 0 Å². The number of primary amides is 1. The van der Waals surface area contributed by atoms with Crippen LogP contribution in [0.1, 0.15) is 39.2 Å². The minimum absolute atomic E-state index is 0.0716. The number of amides is 5. The highest BCUT2D eigenvalue weighted by Crippen LogP contribution is 2.07. The van der Waals surface area contributed by atoms with E-state index in [2.05, 4.69) is 26.3 Å². The number of guanidine groups is 1. The molecule has 0 radical (unpaired) electrons. The number of aliphatic hydroxyl groups excluding tert-OH is 1. The molecular formula is C25H40N8O6. The Kier molecular flexibility index (Phi) is 14.0. The zero-order valence-electron chi connectivity index (χ0n) is 22.5. The first-order chi connectivity index (χ1) is 18.3. The van der Waals surface area contributed by atoms with Crippen LogP contribution in [0.4, 0.5) is 0 Å². The summed E-state index contributed by atoms with van der Waals surface area (Å²) >= 11 is 0. The number of carbonyl (C=O) groups excluding carboxylic acids is 5. The van der Waals surface area contributed by atoms with E-state index in [-0.39, 0.29) is 37.7 Å². The molecule has 0 aliphatic heterocycles. The Morgan fingerprint density at radius 2 is 1.41 bits per heavy atom. The maximum Gasteiger partial charge on any atom is 0.245 e. The molecule has 0 aliphatic carbocycles. The van der Waals surface area contributed by atoms with Gasteiger partial charge in [0.2, 0.25) is 29.5 Å². The average molecular weight is 549 g/mol. The number of hydrogen-bond acceptors (Lipinski definition) is 7. The normalized spacial score (nSPS) is 13.8. The van der Waals surface area contributed by atoms with Crippen molar-refractivity contribution in [2.75, 3.05) is 13.2 Å². The Hall–Kier alpha value is -4.20. The monoisotopic (exact) mass is 548 g/mol. The molecule has 0 heterocycles. The van der Waals surface area contributed by atoms with Crippen LogP contribution in [0.15, 0.2) is 35.3 Å². The number of aliphatic hydroxyl groups is 1. The first-order valence-corrected chi connectivity index (χ1v) is 12.5. The number of nitrogens with one attached hydrogen (secondary N) is 4. The van der Waals surface area contributed by atoms with Crippen LogP contribution in [-0.2, 0) is 30.4 Å². The van der Waals surface area contributed by atoms with Crippen molar-refractivity contribution in [3.8, 4) is 0 Å². The molecule has 0 aliphatic rings. The Balaban J connectivity index is 3.07. The third kappa shape index (κ3) is 12.3. The van der Waals surface area contributed by atoms with Crippen LogP contribution in [0.25, 0.3) is 0 Å². The zero-order chi connectivity index (χ0) is 29.5. The number of rotatable bonds is 16. The topological polar surface area (TPSA) is 244 Å². The van der Waals surface area contributed by atoms with Gasteiger partial charge < -0.3 is 43.6 Å². The van der Waals surface area contributed by atoms with Gasteiger partial charge >= 0.3 is 0 Å². The predicted molar refractivity (Wildman–Crippen MR) is 145 cm³/mol. The summed E-state index contributed by atoms with van der Waals surface area (Å²) in [5.74, 6) is -3.91. The Labute approximate surface area is 227 Å². The van der Waals surface area contributed by atoms with Crippen LogP contribution in [0.5, 0.6) is 0 Å². The molecule has 14 heteroatoms. The van der Waals surface area contributed by atoms with Gasteiger partial charge in [-0.25, -0.2) is 0 Å². The molecular weight excluding hydrogens is 508 g/mol. The first kappa shape index (κ1) is 32.8. The lowest BCUT2D eigenvalue weighted by molar-refractivity contribution is -0.135. The van der Waals surface area contributed by atoms with Crippen molar-refractivity contribution in [3.05, 3.63) is 35.9 Å². The van der Waals surface area contributed by atoms with Crippen LogP contribution in [0.3, 0.4) is 0 Å². The molecule has 5 amide bonds. The highest BCUT2D eigenvalue weighted by Gasteiger charge is 2.31. The molecule has 0 fully saturated rings. The van der Waals surface area contributed by atoms with E-state index >= 15 is 0 Å². The zero-order valence-corrected chi connectivity index (χ0v) is 22.5. The maximum atomic E-state index is 13.2. The number of aliphatic imine (C=N–C) groups is 1. The first-order valence-electron chi connectivity index (χ1n) is 12.5. The number of hydrogen-bond donors (Lipinski definition) is 8. The summed E-state index contributed by atoms with van der Waals surface area (Å²) in [5.41, 5.74) is 16.8. The van der Waals surface area contributed by atoms with Gasteiger partial charge in [0, 0.05) is 19.9 Å². The summed E-state index contributed by atoms with van der Waals surface area (Å²) in [4.78, 5) is 66.3. The highest BCUT2D eigenvalue weighted by molar-refractivity contribution is 5.95. The molecule has 0 unspecified atom stereocenters. The van der Waals surface area contributed by atoms with Crippen LogP contribution in [-0.4, -0.2) is 77.9 Å². The summed E-state index contributed by atoms with van der Waals surface area (Å²) in [7, 11) is 0. The third-order valence-corrected chi connectivity index (χ3v) is 5.64. The molecule has 0 aromatic heterocycles. The van der Waals surface area contributed by atoms with Crippen molar-refractivity contribution >= 4 is 35.5 Å². The summed E-state index contributed by atoms with van der Waals surface area (Å²) < 4.78 is 0. The predicted octanol–water partition coefficient (Wildman–Crippen LogP) is -2.62. The minimum Gasteiger partial charge on any atom is -0.394 e. The fourth-order valence-corrected chi connectivity index (χ4v) is 3.64. The molecule has 0 saturated heterocycles. The SMILES string of the molecule is CC(=O)N[C@@H](Cc1ccccc1)C(=O)N[C@@H](CCCN=C(N)N)C(=O)N[C@@H](CO)C(=O)N[C@H](C(N)=O)C(C)C. The summed E-state index contributed by atoms with van der Waals surface area (Å²) in [5, 5.41) is 19.8. The van der Waals surface area contributed by atoms with E-state index in [0.717, 1.165) is 5.56 Å². The van der Waals surface area contributed by atoms with E-state index in [9.17, 15) is 29.1 Å². The summed E-state index contributed by atoms with van der Waals surface area (Å²) in [6.07, 6.45) is 0.523. The second-order valence-corrected chi connectivity index (χ2v) is 9.33. The van der Waals surface area contributed by atoms with Crippen molar-refractivity contribution in [3.63, 3.8) is 0 Å². The molecule has 1 aromatic rings. The second kappa shape index (κ2) is 16.6. The van der Waals surface area contributed by atoms with Gasteiger partial charge in [0.1, 0.15) is 24.2 Å². The molecule has 1 rings (SSSR count). The molecule has 216 valence electrons. The van der Waals surface area contributed by atoms with Gasteiger partial charge in [0.05, 0.1) is 6.61 Å². The Bertz CT molecular complexity index is 1010. The highest BCUT2D eigenvalue weighted by atomic mass is 16.3. The fourth-order valence-electron chi connectivity index (χ4n) is 3.64. The lowest BCUT2D eigenvalue weighted by atomic mass is 10.0.